The first-order valence-electron chi connectivity index (χ1n) is 5.19. The number of fused-ring (bicyclic) bond motifs is 1. The quantitative estimate of drug-likeness (QED) is 0.862. The minimum absolute atomic E-state index is 0.323. The van der Waals surface area contributed by atoms with Crippen LogP contribution in [0.3, 0.4) is 0 Å². The van der Waals surface area contributed by atoms with E-state index in [4.69, 9.17) is 15.2 Å². The summed E-state index contributed by atoms with van der Waals surface area (Å²) in [5, 5.41) is 0. The summed E-state index contributed by atoms with van der Waals surface area (Å²) in [5.41, 5.74) is 6.02. The van der Waals surface area contributed by atoms with Gasteiger partial charge in [0.15, 0.2) is 11.5 Å². The minimum Gasteiger partial charge on any atom is -0.486 e. The lowest BCUT2D eigenvalue weighted by molar-refractivity contribution is 0.169. The zero-order valence-electron chi connectivity index (χ0n) is 8.56. The second kappa shape index (κ2) is 3.34. The van der Waals surface area contributed by atoms with Crippen LogP contribution >= 0.6 is 15.9 Å². The predicted octanol–water partition coefficient (Wildman–Crippen LogP) is 2.31. The summed E-state index contributed by atoms with van der Waals surface area (Å²) < 4.78 is 25.3. The summed E-state index contributed by atoms with van der Waals surface area (Å²) in [4.78, 5) is 0. The number of ether oxygens (including phenoxy) is 2. The van der Waals surface area contributed by atoms with E-state index in [1.54, 1.807) is 0 Å². The van der Waals surface area contributed by atoms with Gasteiger partial charge in [0.1, 0.15) is 19.0 Å². The van der Waals surface area contributed by atoms with Crippen molar-refractivity contribution in [2.75, 3.05) is 13.2 Å². The van der Waals surface area contributed by atoms with Gasteiger partial charge in [-0.15, -0.1) is 0 Å². The molecule has 2 N–H and O–H groups in total. The van der Waals surface area contributed by atoms with Crippen LogP contribution in [0.4, 0.5) is 4.39 Å². The Morgan fingerprint density at radius 2 is 2.00 bits per heavy atom. The molecule has 0 atom stereocenters. The normalized spacial score (nSPS) is 20.7. The van der Waals surface area contributed by atoms with Gasteiger partial charge in [-0.25, -0.2) is 4.39 Å². The van der Waals surface area contributed by atoms with E-state index in [0.29, 0.717) is 34.7 Å². The molecule has 2 aliphatic rings. The van der Waals surface area contributed by atoms with Crippen LogP contribution in [0.5, 0.6) is 11.5 Å². The Bertz CT molecular complexity index is 460. The van der Waals surface area contributed by atoms with Crippen molar-refractivity contribution < 1.29 is 13.9 Å². The lowest BCUT2D eigenvalue weighted by Crippen LogP contribution is -2.23. The van der Waals surface area contributed by atoms with Gasteiger partial charge in [-0.3, -0.25) is 0 Å². The molecule has 1 fully saturated rings. The molecule has 86 valence electrons. The maximum atomic E-state index is 13.9. The number of rotatable bonds is 1. The van der Waals surface area contributed by atoms with Crippen molar-refractivity contribution >= 4 is 15.9 Å². The largest absolute Gasteiger partial charge is 0.486 e. The summed E-state index contributed by atoms with van der Waals surface area (Å²) >= 11 is 3.37. The molecule has 0 saturated heterocycles. The van der Waals surface area contributed by atoms with E-state index in [9.17, 15) is 4.39 Å². The molecule has 1 aromatic carbocycles. The molecule has 5 heteroatoms. The van der Waals surface area contributed by atoms with E-state index in [-0.39, 0.29) is 5.82 Å². The van der Waals surface area contributed by atoms with Gasteiger partial charge in [0.2, 0.25) is 0 Å². The highest BCUT2D eigenvalue weighted by Crippen LogP contribution is 2.51. The number of hydrogen-bond acceptors (Lipinski definition) is 3. The Morgan fingerprint density at radius 3 is 2.69 bits per heavy atom. The second-order valence-electron chi connectivity index (χ2n) is 4.23. The molecule has 0 amide bonds. The summed E-state index contributed by atoms with van der Waals surface area (Å²) in [7, 11) is 0. The molecular formula is C11H11BrFNO2. The Labute approximate surface area is 101 Å². The van der Waals surface area contributed by atoms with E-state index >= 15 is 0 Å². The van der Waals surface area contributed by atoms with Crippen LogP contribution in [0.2, 0.25) is 0 Å². The zero-order chi connectivity index (χ0) is 11.3. The summed E-state index contributed by atoms with van der Waals surface area (Å²) in [6.07, 6.45) is 1.62. The Hall–Kier alpha value is -0.810. The third kappa shape index (κ3) is 1.42. The number of nitrogens with two attached hydrogens (primary N) is 1. The minimum atomic E-state index is -0.529. The molecule has 1 aliphatic heterocycles. The van der Waals surface area contributed by atoms with Crippen LogP contribution in [0.15, 0.2) is 10.5 Å². The SMILES string of the molecule is NC1(c2c(F)cc3c(c2Br)OCCO3)CC1. The first kappa shape index (κ1) is 10.4. The predicted molar refractivity (Wildman–Crippen MR) is 60.2 cm³/mol. The monoisotopic (exact) mass is 287 g/mol. The molecule has 1 aliphatic carbocycles. The molecule has 0 unspecified atom stereocenters. The van der Waals surface area contributed by atoms with Crippen LogP contribution < -0.4 is 15.2 Å². The Balaban J connectivity index is 2.18. The van der Waals surface area contributed by atoms with Crippen molar-refractivity contribution in [2.24, 2.45) is 5.73 Å². The smallest absolute Gasteiger partial charge is 0.176 e. The molecule has 0 bridgehead atoms. The van der Waals surface area contributed by atoms with E-state index in [0.717, 1.165) is 12.8 Å². The van der Waals surface area contributed by atoms with Crippen LogP contribution in [-0.4, -0.2) is 13.2 Å². The van der Waals surface area contributed by atoms with Crippen LogP contribution in [0, 0.1) is 5.82 Å². The Morgan fingerprint density at radius 1 is 1.31 bits per heavy atom. The first-order valence-corrected chi connectivity index (χ1v) is 5.98. The molecule has 0 aromatic heterocycles. The molecular weight excluding hydrogens is 277 g/mol. The highest BCUT2D eigenvalue weighted by molar-refractivity contribution is 9.10. The molecule has 1 saturated carbocycles. The van der Waals surface area contributed by atoms with Crippen LogP contribution in [0.25, 0.3) is 0 Å². The molecule has 1 aromatic rings. The average Bonchev–Trinajstić information content (AvgIpc) is 2.97. The fraction of sp³-hybridized carbons (Fsp3) is 0.455. The van der Waals surface area contributed by atoms with E-state index in [1.165, 1.54) is 6.07 Å². The molecule has 16 heavy (non-hydrogen) atoms. The average molecular weight is 288 g/mol. The zero-order valence-corrected chi connectivity index (χ0v) is 10.1. The van der Waals surface area contributed by atoms with Crippen molar-refractivity contribution in [2.45, 2.75) is 18.4 Å². The topological polar surface area (TPSA) is 44.5 Å². The van der Waals surface area contributed by atoms with Crippen LogP contribution in [-0.2, 0) is 5.54 Å². The molecule has 3 rings (SSSR count). The van der Waals surface area contributed by atoms with E-state index < -0.39 is 5.54 Å². The third-order valence-corrected chi connectivity index (χ3v) is 3.77. The van der Waals surface area contributed by atoms with Crippen molar-refractivity contribution in [3.05, 3.63) is 21.9 Å². The number of benzene rings is 1. The van der Waals surface area contributed by atoms with Crippen molar-refractivity contribution in [3.8, 4) is 11.5 Å². The summed E-state index contributed by atoms with van der Waals surface area (Å²) in [6.45, 7) is 0.931. The molecule has 0 radical (unpaired) electrons. The third-order valence-electron chi connectivity index (χ3n) is 3.01. The fourth-order valence-electron chi connectivity index (χ4n) is 1.96. The maximum Gasteiger partial charge on any atom is 0.176 e. The number of halogens is 2. The van der Waals surface area contributed by atoms with Gasteiger partial charge in [-0.05, 0) is 28.8 Å². The number of hydrogen-bond donors (Lipinski definition) is 1. The standard InChI is InChI=1S/C11H11BrFNO2/c12-9-8(11(14)1-2-11)6(13)5-7-10(9)16-4-3-15-7/h5H,1-4,14H2. The first-order chi connectivity index (χ1) is 7.62. The van der Waals surface area contributed by atoms with Gasteiger partial charge in [0.05, 0.1) is 4.47 Å². The second-order valence-corrected chi connectivity index (χ2v) is 5.02. The highest BCUT2D eigenvalue weighted by atomic mass is 79.9. The summed E-state index contributed by atoms with van der Waals surface area (Å²) in [6, 6.07) is 1.36. The lowest BCUT2D eigenvalue weighted by Gasteiger charge is -2.23. The fourth-order valence-corrected chi connectivity index (χ4v) is 2.85. The van der Waals surface area contributed by atoms with Crippen molar-refractivity contribution in [1.29, 1.82) is 0 Å². The van der Waals surface area contributed by atoms with E-state index in [2.05, 4.69) is 15.9 Å². The lowest BCUT2D eigenvalue weighted by atomic mass is 10.0. The highest BCUT2D eigenvalue weighted by Gasteiger charge is 2.45. The van der Waals surface area contributed by atoms with Gasteiger partial charge in [0, 0.05) is 17.2 Å². The molecule has 3 nitrogen and oxygen atoms in total. The van der Waals surface area contributed by atoms with Gasteiger partial charge in [0.25, 0.3) is 0 Å². The molecule has 1 heterocycles. The van der Waals surface area contributed by atoms with Gasteiger partial charge < -0.3 is 15.2 Å². The molecule has 0 spiro atoms. The van der Waals surface area contributed by atoms with Crippen molar-refractivity contribution in [1.82, 2.24) is 0 Å². The van der Waals surface area contributed by atoms with Crippen LogP contribution in [0.1, 0.15) is 18.4 Å². The van der Waals surface area contributed by atoms with Crippen molar-refractivity contribution in [3.63, 3.8) is 0 Å². The maximum absolute atomic E-state index is 13.9. The van der Waals surface area contributed by atoms with Gasteiger partial charge in [-0.2, -0.15) is 0 Å². The Kier molecular flexibility index (Phi) is 2.16. The summed E-state index contributed by atoms with van der Waals surface area (Å²) in [5.74, 6) is 0.694. The van der Waals surface area contributed by atoms with Gasteiger partial charge >= 0.3 is 0 Å². The van der Waals surface area contributed by atoms with Gasteiger partial charge in [-0.1, -0.05) is 0 Å². The van der Waals surface area contributed by atoms with E-state index in [1.807, 2.05) is 0 Å².